The van der Waals surface area contributed by atoms with Gasteiger partial charge in [0.25, 0.3) is 0 Å². The third kappa shape index (κ3) is 5.42. The molecular weight excluding hydrogens is 402 g/mol. The number of hydrogen-bond acceptors (Lipinski definition) is 5. The minimum Gasteiger partial charge on any atom is -0.496 e. The van der Waals surface area contributed by atoms with E-state index in [-0.39, 0.29) is 17.3 Å². The molecule has 0 saturated heterocycles. The van der Waals surface area contributed by atoms with Gasteiger partial charge in [0.2, 0.25) is 5.90 Å². The molecule has 0 bridgehead atoms. The number of benzene rings is 1. The highest BCUT2D eigenvalue weighted by atomic mass is 19.3. The highest BCUT2D eigenvalue weighted by Crippen LogP contribution is 2.30. The minimum absolute atomic E-state index is 0.195. The predicted octanol–water partition coefficient (Wildman–Crippen LogP) is 5.10. The van der Waals surface area contributed by atoms with Crippen LogP contribution in [0.15, 0.2) is 84.9 Å². The molecule has 3 aromatic rings. The zero-order valence-electron chi connectivity index (χ0n) is 17.2. The smallest absolute Gasteiger partial charge is 0.308 e. The Balaban J connectivity index is 1.81. The van der Waals surface area contributed by atoms with Crippen LogP contribution < -0.4 is 9.47 Å². The van der Waals surface area contributed by atoms with Gasteiger partial charge >= 0.3 is 5.92 Å². The minimum atomic E-state index is -3.19. The van der Waals surface area contributed by atoms with Crippen molar-refractivity contribution in [1.82, 2.24) is 14.8 Å². The second-order valence-electron chi connectivity index (χ2n) is 6.48. The van der Waals surface area contributed by atoms with Crippen molar-refractivity contribution in [3.63, 3.8) is 0 Å². The number of halogens is 2. The lowest BCUT2D eigenvalue weighted by Crippen LogP contribution is -2.23. The first-order valence-corrected chi connectivity index (χ1v) is 9.46. The van der Waals surface area contributed by atoms with Gasteiger partial charge in [-0.1, -0.05) is 30.9 Å². The van der Waals surface area contributed by atoms with Gasteiger partial charge in [-0.2, -0.15) is 13.9 Å². The maximum absolute atomic E-state index is 14.5. The van der Waals surface area contributed by atoms with Crippen LogP contribution in [0.5, 0.6) is 11.5 Å². The number of aromatic nitrogens is 3. The number of rotatable bonds is 8. The summed E-state index contributed by atoms with van der Waals surface area (Å²) in [5, 5.41) is 3.82. The van der Waals surface area contributed by atoms with Gasteiger partial charge in [-0.3, -0.25) is 9.67 Å². The van der Waals surface area contributed by atoms with Crippen LogP contribution in [0.4, 0.5) is 8.78 Å². The van der Waals surface area contributed by atoms with Crippen LogP contribution in [0.1, 0.15) is 18.2 Å². The van der Waals surface area contributed by atoms with Crippen molar-refractivity contribution in [3.8, 4) is 11.5 Å². The van der Waals surface area contributed by atoms with Crippen molar-refractivity contribution in [1.29, 1.82) is 0 Å². The summed E-state index contributed by atoms with van der Waals surface area (Å²) in [6.45, 7) is 5.27. The summed E-state index contributed by atoms with van der Waals surface area (Å²) in [5.41, 5.74) is 0.790. The molecule has 0 radical (unpaired) electrons. The van der Waals surface area contributed by atoms with Gasteiger partial charge in [-0.25, -0.2) is 4.99 Å². The van der Waals surface area contributed by atoms with Crippen molar-refractivity contribution in [2.45, 2.75) is 19.4 Å². The first-order valence-electron chi connectivity index (χ1n) is 9.46. The molecule has 0 unspecified atom stereocenters. The quantitative estimate of drug-likeness (QED) is 0.373. The average Bonchev–Trinajstić information content (AvgIpc) is 3.28. The lowest BCUT2D eigenvalue weighted by atomic mass is 10.1. The highest BCUT2D eigenvalue weighted by molar-refractivity contribution is 6.20. The van der Waals surface area contributed by atoms with Crippen LogP contribution in [-0.2, 0) is 12.5 Å². The third-order valence-corrected chi connectivity index (χ3v) is 4.28. The monoisotopic (exact) mass is 424 g/mol. The van der Waals surface area contributed by atoms with E-state index in [9.17, 15) is 8.78 Å². The van der Waals surface area contributed by atoms with Crippen molar-refractivity contribution in [2.75, 3.05) is 7.11 Å². The van der Waals surface area contributed by atoms with Crippen LogP contribution in [0, 0.1) is 0 Å². The van der Waals surface area contributed by atoms with E-state index in [0.717, 1.165) is 4.68 Å². The second-order valence-corrected chi connectivity index (χ2v) is 6.48. The van der Waals surface area contributed by atoms with Crippen LogP contribution in [0.2, 0.25) is 0 Å². The van der Waals surface area contributed by atoms with Crippen LogP contribution in [0.25, 0.3) is 5.57 Å². The summed E-state index contributed by atoms with van der Waals surface area (Å²) in [5.74, 6) is -2.14. The Labute approximate surface area is 179 Å². The van der Waals surface area contributed by atoms with Gasteiger partial charge in [-0.05, 0) is 31.2 Å². The fourth-order valence-corrected chi connectivity index (χ4v) is 2.76. The number of alkyl halides is 2. The molecule has 0 aliphatic carbocycles. The van der Waals surface area contributed by atoms with Crippen LogP contribution in [-0.4, -0.2) is 27.8 Å². The lowest BCUT2D eigenvalue weighted by Gasteiger charge is -2.17. The number of para-hydroxylation sites is 1. The van der Waals surface area contributed by atoms with Gasteiger partial charge in [0, 0.05) is 29.7 Å². The van der Waals surface area contributed by atoms with Gasteiger partial charge in [0.05, 0.1) is 13.3 Å². The summed E-state index contributed by atoms with van der Waals surface area (Å²) in [6, 6.07) is 11.5. The highest BCUT2D eigenvalue weighted by Gasteiger charge is 2.34. The Bertz CT molecular complexity index is 1080. The number of hydrogen-bond donors (Lipinski definition) is 0. The molecule has 0 fully saturated rings. The normalized spacial score (nSPS) is 12.2. The number of allylic oxidation sites excluding steroid dienone is 1. The molecule has 0 aliphatic heterocycles. The molecule has 2 heterocycles. The SMILES string of the molecule is C=C(C(=N/C=C\C)Oc1ccc(C(F)(F)Cn2cccn2)nc1)c1ccccc1OC. The van der Waals surface area contributed by atoms with E-state index in [1.165, 1.54) is 30.7 Å². The van der Waals surface area contributed by atoms with Crippen LogP contribution in [0.3, 0.4) is 0 Å². The second kappa shape index (κ2) is 9.80. The van der Waals surface area contributed by atoms with E-state index in [4.69, 9.17) is 9.47 Å². The molecule has 0 spiro atoms. The molecule has 2 aromatic heterocycles. The van der Waals surface area contributed by atoms with Gasteiger partial charge in [-0.15, -0.1) is 0 Å². The number of nitrogens with zero attached hydrogens (tertiary/aromatic N) is 4. The molecular formula is C23H22F2N4O2. The lowest BCUT2D eigenvalue weighted by molar-refractivity contribution is -0.0296. The van der Waals surface area contributed by atoms with E-state index < -0.39 is 12.5 Å². The molecule has 160 valence electrons. The van der Waals surface area contributed by atoms with Gasteiger partial charge < -0.3 is 9.47 Å². The summed E-state index contributed by atoms with van der Waals surface area (Å²) in [4.78, 5) is 8.17. The number of aliphatic imine (C=N–C) groups is 1. The molecule has 31 heavy (non-hydrogen) atoms. The summed E-state index contributed by atoms with van der Waals surface area (Å²) in [7, 11) is 1.56. The molecule has 3 rings (SSSR count). The molecule has 0 N–H and O–H groups in total. The van der Waals surface area contributed by atoms with Gasteiger partial charge in [0.15, 0.2) is 0 Å². The summed E-state index contributed by atoms with van der Waals surface area (Å²) in [6.07, 6.45) is 7.43. The third-order valence-electron chi connectivity index (χ3n) is 4.28. The fraction of sp³-hybridized carbons (Fsp3) is 0.174. The first kappa shape index (κ1) is 21.9. The van der Waals surface area contributed by atoms with Crippen molar-refractivity contribution in [3.05, 3.63) is 91.2 Å². The molecule has 0 saturated carbocycles. The number of pyridine rings is 1. The zero-order chi connectivity index (χ0) is 22.3. The average molecular weight is 424 g/mol. The maximum atomic E-state index is 14.5. The Hall–Kier alpha value is -3.81. The van der Waals surface area contributed by atoms with Crippen molar-refractivity contribution in [2.24, 2.45) is 4.99 Å². The Morgan fingerprint density at radius 3 is 2.68 bits per heavy atom. The molecule has 1 aromatic carbocycles. The number of ether oxygens (including phenoxy) is 2. The molecule has 0 aliphatic rings. The molecule has 0 amide bonds. The molecule has 8 heteroatoms. The Morgan fingerprint density at radius 2 is 2.03 bits per heavy atom. The van der Waals surface area contributed by atoms with E-state index >= 15 is 0 Å². The van der Waals surface area contributed by atoms with E-state index in [2.05, 4.69) is 21.7 Å². The first-order chi connectivity index (χ1) is 14.9. The van der Waals surface area contributed by atoms with E-state index in [1.54, 1.807) is 31.5 Å². The summed E-state index contributed by atoms with van der Waals surface area (Å²) >= 11 is 0. The molecule has 6 nitrogen and oxygen atoms in total. The Morgan fingerprint density at radius 1 is 1.23 bits per heavy atom. The van der Waals surface area contributed by atoms with Crippen molar-refractivity contribution >= 4 is 11.5 Å². The van der Waals surface area contributed by atoms with Gasteiger partial charge in [0.1, 0.15) is 23.7 Å². The van der Waals surface area contributed by atoms with Crippen LogP contribution >= 0.6 is 0 Å². The predicted molar refractivity (Wildman–Crippen MR) is 115 cm³/mol. The number of methoxy groups -OCH3 is 1. The summed E-state index contributed by atoms with van der Waals surface area (Å²) < 4.78 is 41.3. The largest absolute Gasteiger partial charge is 0.496 e. The molecule has 0 atom stereocenters. The fourth-order valence-electron chi connectivity index (χ4n) is 2.76. The Kier molecular flexibility index (Phi) is 6.92. The van der Waals surface area contributed by atoms with E-state index in [0.29, 0.717) is 16.9 Å². The van der Waals surface area contributed by atoms with Crippen molar-refractivity contribution < 1.29 is 18.3 Å². The zero-order valence-corrected chi connectivity index (χ0v) is 17.2. The maximum Gasteiger partial charge on any atom is 0.308 e. The topological polar surface area (TPSA) is 61.5 Å². The van der Waals surface area contributed by atoms with E-state index in [1.807, 2.05) is 25.1 Å². The standard InChI is InChI=1S/C23H22F2N4O2/c1-4-12-26-22(17(2)19-8-5-6-9-20(19)30-3)31-18-10-11-21(27-15-18)23(24,25)16-29-14-7-13-28-29/h4-15H,2,16H2,1,3H3/b12-4-,26-22?.